The van der Waals surface area contributed by atoms with E-state index in [1.165, 1.54) is 7.11 Å². The molecule has 3 aromatic rings. The van der Waals surface area contributed by atoms with E-state index in [-0.39, 0.29) is 23.3 Å². The Hall–Kier alpha value is -3.40. The van der Waals surface area contributed by atoms with Crippen LogP contribution in [0.5, 0.6) is 5.75 Å². The van der Waals surface area contributed by atoms with Crippen LogP contribution in [0.1, 0.15) is 23.3 Å². The molecule has 155 valence electrons. The molecule has 31 heavy (non-hydrogen) atoms. The number of aromatic nitrogens is 5. The van der Waals surface area contributed by atoms with E-state index in [1.807, 2.05) is 12.1 Å². The molecule has 1 fully saturated rings. The van der Waals surface area contributed by atoms with Crippen molar-refractivity contribution >= 4 is 29.1 Å². The van der Waals surface area contributed by atoms with Gasteiger partial charge in [0.15, 0.2) is 0 Å². The summed E-state index contributed by atoms with van der Waals surface area (Å²) in [5, 5.41) is 18.1. The molecule has 11 nitrogen and oxygen atoms in total. The van der Waals surface area contributed by atoms with Gasteiger partial charge < -0.3 is 0 Å². The fraction of sp³-hybridized carbons (Fsp3) is 0.263. The Morgan fingerprint density at radius 1 is 1.23 bits per heavy atom. The number of para-hydroxylation sites is 1. The molecule has 0 spiro atoms. The monoisotopic (exact) mass is 472 g/mol. The van der Waals surface area contributed by atoms with Crippen LogP contribution >= 0.6 is 0 Å². The van der Waals surface area contributed by atoms with Gasteiger partial charge in [0, 0.05) is 0 Å². The zero-order valence-corrected chi connectivity index (χ0v) is 19.9. The van der Waals surface area contributed by atoms with Crippen LogP contribution in [0, 0.1) is 5.92 Å². The van der Waals surface area contributed by atoms with Crippen LogP contribution in [0.25, 0.3) is 11.4 Å². The maximum atomic E-state index is 12.2. The van der Waals surface area contributed by atoms with Crippen molar-refractivity contribution in [3.8, 4) is 17.1 Å². The number of amides is 1. The summed E-state index contributed by atoms with van der Waals surface area (Å²) < 4.78 is 12.1. The predicted molar refractivity (Wildman–Crippen MR) is 105 cm³/mol. The van der Waals surface area contributed by atoms with E-state index >= 15 is 0 Å². The van der Waals surface area contributed by atoms with Crippen LogP contribution in [0.3, 0.4) is 0 Å². The van der Waals surface area contributed by atoms with E-state index in [9.17, 15) is 9.59 Å². The minimum atomic E-state index is -0.614. The van der Waals surface area contributed by atoms with E-state index in [0.717, 1.165) is 12.8 Å². The molecule has 2 aromatic heterocycles. The molecular weight excluding hydrogens is 456 g/mol. The normalized spacial score (nSPS) is 12.9. The number of rotatable bonds is 7. The van der Waals surface area contributed by atoms with Crippen molar-refractivity contribution in [1.82, 2.24) is 25.0 Å². The average Bonchev–Trinajstić information content (AvgIpc) is 3.54. The van der Waals surface area contributed by atoms with Gasteiger partial charge in [0.2, 0.25) is 0 Å². The maximum absolute atomic E-state index is 12.2. The molecule has 1 amide bonds. The van der Waals surface area contributed by atoms with Crippen LogP contribution < -0.4 is 15.4 Å². The Kier molecular flexibility index (Phi) is 5.90. The van der Waals surface area contributed by atoms with Crippen LogP contribution in [0.15, 0.2) is 30.6 Å². The average molecular weight is 474 g/mol. The molecule has 2 heterocycles. The molecule has 4 rings (SSSR count). The van der Waals surface area contributed by atoms with Crippen molar-refractivity contribution in [2.75, 3.05) is 17.7 Å². The molecule has 0 radical (unpaired) electrons. The van der Waals surface area contributed by atoms with Crippen molar-refractivity contribution in [3.05, 3.63) is 36.3 Å². The minimum absolute atomic E-state index is 0.000844. The van der Waals surface area contributed by atoms with E-state index in [0.29, 0.717) is 47.2 Å². The number of methoxy groups -OCH3 is 1. The van der Waals surface area contributed by atoms with Gasteiger partial charge in [0.05, 0.1) is 0 Å². The second-order valence-electron chi connectivity index (χ2n) is 6.94. The number of benzene rings is 1. The molecule has 1 aliphatic rings. The van der Waals surface area contributed by atoms with Crippen LogP contribution in [-0.2, 0) is 34.1 Å². The van der Waals surface area contributed by atoms with E-state index in [2.05, 4.69) is 30.9 Å². The molecule has 0 unspecified atom stereocenters. The number of carbonyl (C=O) groups is 2. The van der Waals surface area contributed by atoms with E-state index in [4.69, 9.17) is 8.30 Å². The quantitative estimate of drug-likeness (QED) is 0.494. The van der Waals surface area contributed by atoms with Gasteiger partial charge in [0.25, 0.3) is 0 Å². The van der Waals surface area contributed by atoms with Gasteiger partial charge in [0.1, 0.15) is 0 Å². The summed E-state index contributed by atoms with van der Waals surface area (Å²) in [4.78, 5) is 28.6. The molecular formula is C19H18N7O4Zn. The third kappa shape index (κ3) is 4.53. The zero-order chi connectivity index (χ0) is 22.0. The van der Waals surface area contributed by atoms with Crippen molar-refractivity contribution in [3.63, 3.8) is 0 Å². The Bertz CT molecular complexity index is 1150. The summed E-state index contributed by atoms with van der Waals surface area (Å²) in [6, 6.07) is 6.97. The topological polar surface area (TPSA) is 133 Å². The third-order valence-electron chi connectivity index (χ3n) is 4.65. The van der Waals surface area contributed by atoms with Gasteiger partial charge >= 0.3 is 188 Å². The van der Waals surface area contributed by atoms with Crippen LogP contribution in [0.4, 0.5) is 17.2 Å². The number of anilines is 3. The summed E-state index contributed by atoms with van der Waals surface area (Å²) in [5.41, 5.74) is 1.55. The van der Waals surface area contributed by atoms with Gasteiger partial charge in [-0.15, -0.1) is 0 Å². The van der Waals surface area contributed by atoms with Gasteiger partial charge in [-0.25, -0.2) is 0 Å². The molecule has 0 saturated heterocycles. The van der Waals surface area contributed by atoms with E-state index in [1.54, 1.807) is 30.2 Å². The Morgan fingerprint density at radius 2 is 2.03 bits per heavy atom. The summed E-state index contributed by atoms with van der Waals surface area (Å²) in [5.74, 6) is 0.497. The van der Waals surface area contributed by atoms with Gasteiger partial charge in [-0.3, -0.25) is 0 Å². The first kappa shape index (κ1) is 20.9. The molecule has 0 aliphatic heterocycles. The number of ether oxygens (including phenoxy) is 1. The standard InChI is InChI=1S/C19H19N7O4.Zn/c1-26-9-20-17(25-26)11-4-3-5-12(16(11)30-2)21-13-8-14(22-18(27)10-6-7-10)23-24-15(13)19(28)29;/h3-5,8-10H,6-7H2,1-2H3,(H,28,29)(H2,21,22,23,27);/q;+1/p-1. The molecule has 2 N–H and O–H groups in total. The first-order valence-corrected chi connectivity index (χ1v) is 10.7. The number of hydrogen-bond acceptors (Lipinski definition) is 9. The fourth-order valence-electron chi connectivity index (χ4n) is 2.98. The van der Waals surface area contributed by atoms with Crippen LogP contribution in [0.2, 0.25) is 0 Å². The van der Waals surface area contributed by atoms with Crippen molar-refractivity contribution in [2.45, 2.75) is 12.8 Å². The first-order chi connectivity index (χ1) is 15.0. The number of nitrogens with one attached hydrogen (secondary N) is 2. The fourth-order valence-corrected chi connectivity index (χ4v) is 3.27. The molecule has 12 heteroatoms. The van der Waals surface area contributed by atoms with E-state index < -0.39 is 5.97 Å². The summed E-state index contributed by atoms with van der Waals surface area (Å²) in [6.07, 6.45) is 3.32. The third-order valence-corrected chi connectivity index (χ3v) is 5.20. The van der Waals surface area contributed by atoms with Gasteiger partial charge in [-0.1, -0.05) is 0 Å². The second kappa shape index (κ2) is 8.77. The molecule has 1 saturated carbocycles. The number of hydrogen-bond donors (Lipinski definition) is 2. The van der Waals surface area contributed by atoms with Crippen molar-refractivity contribution < 1.29 is 36.6 Å². The Labute approximate surface area is 187 Å². The van der Waals surface area contributed by atoms with Gasteiger partial charge in [-0.05, 0) is 0 Å². The Morgan fingerprint density at radius 3 is 2.68 bits per heavy atom. The summed E-state index contributed by atoms with van der Waals surface area (Å²) in [7, 11) is 3.31. The molecule has 0 atom stereocenters. The SMILES string of the molecule is COc1c(Nc2cc(NC(=O)C3CC3)nnc2C(=O)[O][Zn])cccc1-c1ncn(C)n1. The van der Waals surface area contributed by atoms with Gasteiger partial charge in [-0.2, -0.15) is 0 Å². The molecule has 1 aliphatic carbocycles. The van der Waals surface area contributed by atoms with Crippen molar-refractivity contribution in [1.29, 1.82) is 0 Å². The summed E-state index contributed by atoms with van der Waals surface area (Å²) >= 11 is 0.310. The Balaban J connectivity index is 1.71. The number of carbonyl (C=O) groups excluding carboxylic acids is 2. The second-order valence-corrected chi connectivity index (χ2v) is 7.55. The predicted octanol–water partition coefficient (Wildman–Crippen LogP) is 1.99. The summed E-state index contributed by atoms with van der Waals surface area (Å²) in [6.45, 7) is 0. The van der Waals surface area contributed by atoms with Crippen LogP contribution in [-0.4, -0.2) is 43.9 Å². The van der Waals surface area contributed by atoms with Crippen molar-refractivity contribution in [2.24, 2.45) is 13.0 Å². The first-order valence-electron chi connectivity index (χ1n) is 9.45. The zero-order valence-electron chi connectivity index (χ0n) is 17.0. The molecule has 0 bridgehead atoms. The number of nitrogens with zero attached hydrogens (tertiary/aromatic N) is 5. The molecule has 1 aromatic carbocycles. The number of aryl methyl sites for hydroxylation is 1.